The Morgan fingerprint density at radius 1 is 1.06 bits per heavy atom. The number of piperazine rings is 1. The van der Waals surface area contributed by atoms with Gasteiger partial charge in [-0.25, -0.2) is 17.9 Å². The zero-order chi connectivity index (χ0) is 12.9. The van der Waals surface area contributed by atoms with Gasteiger partial charge < -0.3 is 5.32 Å². The van der Waals surface area contributed by atoms with Crippen molar-refractivity contribution < 1.29 is 16.8 Å². The minimum Gasteiger partial charge on any atom is -0.314 e. The van der Waals surface area contributed by atoms with E-state index in [4.69, 9.17) is 0 Å². The summed E-state index contributed by atoms with van der Waals surface area (Å²) in [5, 5.41) is 3.05. The monoisotopic (exact) mass is 286 g/mol. The van der Waals surface area contributed by atoms with Crippen molar-refractivity contribution in [2.75, 3.05) is 45.5 Å². The van der Waals surface area contributed by atoms with Crippen molar-refractivity contribution in [1.29, 1.82) is 0 Å². The highest BCUT2D eigenvalue weighted by Gasteiger charge is 2.22. The topological polar surface area (TPSA) is 108 Å². The molecule has 0 radical (unpaired) electrons. The van der Waals surface area contributed by atoms with Gasteiger partial charge >= 0.3 is 0 Å². The van der Waals surface area contributed by atoms with Gasteiger partial charge in [-0.2, -0.15) is 12.7 Å². The Hall–Kier alpha value is -0.260. The zero-order valence-electron chi connectivity index (χ0n) is 9.64. The van der Waals surface area contributed by atoms with Crippen molar-refractivity contribution in [2.24, 2.45) is 0 Å². The second kappa shape index (κ2) is 6.07. The molecule has 1 saturated heterocycles. The molecule has 0 spiro atoms. The lowest BCUT2D eigenvalue weighted by Gasteiger charge is -2.26. The summed E-state index contributed by atoms with van der Waals surface area (Å²) in [5.74, 6) is 0. The Kier molecular flexibility index (Phi) is 5.28. The molecule has 0 amide bonds. The molecular formula is C7H18N4O4S2. The van der Waals surface area contributed by atoms with Gasteiger partial charge in [-0.15, -0.1) is 0 Å². The van der Waals surface area contributed by atoms with Crippen molar-refractivity contribution in [1.82, 2.24) is 19.1 Å². The van der Waals surface area contributed by atoms with E-state index < -0.39 is 20.2 Å². The molecule has 3 N–H and O–H groups in total. The molecule has 0 aromatic rings. The summed E-state index contributed by atoms with van der Waals surface area (Å²) in [7, 11) is -6.77. The minimum absolute atomic E-state index is 0.0410. The fourth-order valence-electron chi connectivity index (χ4n) is 1.39. The molecule has 10 heteroatoms. The standard InChI is InChI=1S/C7H18N4O4S2/c1-16(12,13)9-2-3-10-17(14,15)11-6-4-8-5-7-11/h8-10H,2-7H2,1H3. The van der Waals surface area contributed by atoms with Gasteiger partial charge in [-0.3, -0.25) is 0 Å². The smallest absolute Gasteiger partial charge is 0.279 e. The van der Waals surface area contributed by atoms with Crippen molar-refractivity contribution in [2.45, 2.75) is 0 Å². The third-order valence-corrected chi connectivity index (χ3v) is 4.53. The summed E-state index contributed by atoms with van der Waals surface area (Å²) in [6.07, 6.45) is 1.03. The predicted octanol–water partition coefficient (Wildman–Crippen LogP) is -2.72. The molecule has 0 aromatic carbocycles. The molecule has 17 heavy (non-hydrogen) atoms. The molecule has 8 nitrogen and oxygen atoms in total. The Balaban J connectivity index is 2.34. The molecular weight excluding hydrogens is 268 g/mol. The Morgan fingerprint density at radius 2 is 1.59 bits per heavy atom. The lowest BCUT2D eigenvalue weighted by molar-refractivity contribution is 0.355. The Morgan fingerprint density at radius 3 is 2.12 bits per heavy atom. The maximum absolute atomic E-state index is 11.7. The van der Waals surface area contributed by atoms with Gasteiger partial charge in [0.15, 0.2) is 0 Å². The van der Waals surface area contributed by atoms with Crippen LogP contribution in [0.4, 0.5) is 0 Å². The average Bonchev–Trinajstić information content (AvgIpc) is 2.25. The molecule has 0 unspecified atom stereocenters. The quantitative estimate of drug-likeness (QED) is 0.460. The van der Waals surface area contributed by atoms with Crippen molar-refractivity contribution in [3.8, 4) is 0 Å². The number of nitrogens with one attached hydrogen (secondary N) is 3. The van der Waals surface area contributed by atoms with Gasteiger partial charge in [-0.05, 0) is 0 Å². The van der Waals surface area contributed by atoms with Gasteiger partial charge in [0.05, 0.1) is 6.26 Å². The number of sulfonamides is 1. The van der Waals surface area contributed by atoms with Gasteiger partial charge in [0.2, 0.25) is 10.0 Å². The summed E-state index contributed by atoms with van der Waals surface area (Å²) in [5.41, 5.74) is 0. The van der Waals surface area contributed by atoms with Crippen LogP contribution in [0.5, 0.6) is 0 Å². The SMILES string of the molecule is CS(=O)(=O)NCCNS(=O)(=O)N1CCNCC1. The van der Waals surface area contributed by atoms with E-state index in [0.29, 0.717) is 26.2 Å². The van der Waals surface area contributed by atoms with Crippen LogP contribution in [0.3, 0.4) is 0 Å². The Labute approximate surface area is 102 Å². The van der Waals surface area contributed by atoms with E-state index in [-0.39, 0.29) is 13.1 Å². The predicted molar refractivity (Wildman–Crippen MR) is 64.2 cm³/mol. The van der Waals surface area contributed by atoms with Crippen LogP contribution in [0.2, 0.25) is 0 Å². The first kappa shape index (κ1) is 14.8. The van der Waals surface area contributed by atoms with Crippen LogP contribution in [-0.2, 0) is 20.2 Å². The van der Waals surface area contributed by atoms with E-state index >= 15 is 0 Å². The third kappa shape index (κ3) is 5.75. The molecule has 0 aromatic heterocycles. The summed E-state index contributed by atoms with van der Waals surface area (Å²) in [6.45, 7) is 2.19. The number of rotatable bonds is 6. The molecule has 1 rings (SSSR count). The van der Waals surface area contributed by atoms with E-state index in [1.807, 2.05) is 0 Å². The molecule has 102 valence electrons. The molecule has 0 aliphatic carbocycles. The summed E-state index contributed by atoms with van der Waals surface area (Å²) < 4.78 is 50.8. The van der Waals surface area contributed by atoms with Crippen LogP contribution in [0.1, 0.15) is 0 Å². The lowest BCUT2D eigenvalue weighted by atomic mass is 10.4. The molecule has 0 bridgehead atoms. The zero-order valence-corrected chi connectivity index (χ0v) is 11.3. The first-order valence-electron chi connectivity index (χ1n) is 5.21. The first-order valence-corrected chi connectivity index (χ1v) is 8.54. The summed E-state index contributed by atoms with van der Waals surface area (Å²) >= 11 is 0. The van der Waals surface area contributed by atoms with E-state index in [9.17, 15) is 16.8 Å². The number of nitrogens with zero attached hydrogens (tertiary/aromatic N) is 1. The molecule has 1 heterocycles. The van der Waals surface area contributed by atoms with Crippen molar-refractivity contribution in [3.63, 3.8) is 0 Å². The van der Waals surface area contributed by atoms with E-state index in [2.05, 4.69) is 14.8 Å². The van der Waals surface area contributed by atoms with E-state index in [1.54, 1.807) is 0 Å². The largest absolute Gasteiger partial charge is 0.314 e. The molecule has 1 fully saturated rings. The molecule has 0 atom stereocenters. The fourth-order valence-corrected chi connectivity index (χ4v) is 3.07. The second-order valence-electron chi connectivity index (χ2n) is 3.71. The first-order chi connectivity index (χ1) is 7.81. The highest BCUT2D eigenvalue weighted by atomic mass is 32.2. The molecule has 0 saturated carbocycles. The van der Waals surface area contributed by atoms with Crippen LogP contribution >= 0.6 is 0 Å². The fraction of sp³-hybridized carbons (Fsp3) is 1.00. The van der Waals surface area contributed by atoms with E-state index in [0.717, 1.165) is 6.26 Å². The number of hydrogen-bond donors (Lipinski definition) is 3. The molecule has 1 aliphatic rings. The van der Waals surface area contributed by atoms with Crippen LogP contribution in [0, 0.1) is 0 Å². The number of hydrogen-bond acceptors (Lipinski definition) is 5. The highest BCUT2D eigenvalue weighted by molar-refractivity contribution is 7.88. The maximum Gasteiger partial charge on any atom is 0.279 e. The van der Waals surface area contributed by atoms with Crippen LogP contribution < -0.4 is 14.8 Å². The Bertz CT molecular complexity index is 427. The van der Waals surface area contributed by atoms with Crippen LogP contribution in [0.25, 0.3) is 0 Å². The second-order valence-corrected chi connectivity index (χ2v) is 7.30. The van der Waals surface area contributed by atoms with Gasteiger partial charge in [0.25, 0.3) is 10.2 Å². The average molecular weight is 286 g/mol. The van der Waals surface area contributed by atoms with E-state index in [1.165, 1.54) is 4.31 Å². The third-order valence-electron chi connectivity index (χ3n) is 2.19. The normalized spacial score (nSPS) is 19.4. The van der Waals surface area contributed by atoms with Crippen LogP contribution in [-0.4, -0.2) is 66.7 Å². The van der Waals surface area contributed by atoms with Gasteiger partial charge in [-0.1, -0.05) is 0 Å². The molecule has 1 aliphatic heterocycles. The van der Waals surface area contributed by atoms with Gasteiger partial charge in [0, 0.05) is 39.3 Å². The van der Waals surface area contributed by atoms with Gasteiger partial charge in [0.1, 0.15) is 0 Å². The van der Waals surface area contributed by atoms with Crippen molar-refractivity contribution >= 4 is 20.2 Å². The van der Waals surface area contributed by atoms with Crippen molar-refractivity contribution in [3.05, 3.63) is 0 Å². The van der Waals surface area contributed by atoms with Crippen LogP contribution in [0.15, 0.2) is 0 Å². The maximum atomic E-state index is 11.7. The highest BCUT2D eigenvalue weighted by Crippen LogP contribution is 1.98. The summed E-state index contributed by atoms with van der Waals surface area (Å²) in [4.78, 5) is 0. The summed E-state index contributed by atoms with van der Waals surface area (Å²) in [6, 6.07) is 0. The lowest BCUT2D eigenvalue weighted by Crippen LogP contribution is -2.51. The minimum atomic E-state index is -3.49.